The minimum atomic E-state index is -0.579. The van der Waals surface area contributed by atoms with Crippen molar-refractivity contribution >= 4 is 23.2 Å². The van der Waals surface area contributed by atoms with Crippen LogP contribution < -0.4 is 4.74 Å². The van der Waals surface area contributed by atoms with E-state index in [-0.39, 0.29) is 28.2 Å². The van der Waals surface area contributed by atoms with Crippen LogP contribution in [0.3, 0.4) is 0 Å². The summed E-state index contributed by atoms with van der Waals surface area (Å²) in [6.07, 6.45) is 1.88. The largest absolute Gasteiger partial charge is 0.497 e. The predicted octanol–water partition coefficient (Wildman–Crippen LogP) is 4.06. The van der Waals surface area contributed by atoms with Gasteiger partial charge in [0.15, 0.2) is 0 Å². The van der Waals surface area contributed by atoms with Crippen LogP contribution in [-0.4, -0.2) is 28.9 Å². The van der Waals surface area contributed by atoms with Gasteiger partial charge in [0, 0.05) is 24.2 Å². The molecule has 0 aromatic heterocycles. The van der Waals surface area contributed by atoms with Crippen LogP contribution in [0.15, 0.2) is 42.5 Å². The molecular formula is C18H17ClN2O4. The van der Waals surface area contributed by atoms with E-state index in [1.165, 1.54) is 18.2 Å². The summed E-state index contributed by atoms with van der Waals surface area (Å²) in [6, 6.07) is 11.8. The summed E-state index contributed by atoms with van der Waals surface area (Å²) in [5.41, 5.74) is 0.994. The number of hydrogen-bond donors (Lipinski definition) is 0. The summed E-state index contributed by atoms with van der Waals surface area (Å²) >= 11 is 5.83. The molecule has 1 amide bonds. The zero-order valence-corrected chi connectivity index (χ0v) is 14.4. The highest BCUT2D eigenvalue weighted by molar-refractivity contribution is 6.32. The van der Waals surface area contributed by atoms with E-state index in [1.807, 2.05) is 24.3 Å². The van der Waals surface area contributed by atoms with Gasteiger partial charge in [-0.25, -0.2) is 0 Å². The first-order valence-electron chi connectivity index (χ1n) is 7.87. The summed E-state index contributed by atoms with van der Waals surface area (Å²) in [6.45, 7) is 0.448. The lowest BCUT2D eigenvalue weighted by Crippen LogP contribution is -2.32. The van der Waals surface area contributed by atoms with Gasteiger partial charge in [-0.1, -0.05) is 23.7 Å². The molecule has 0 N–H and O–H groups in total. The maximum atomic E-state index is 12.9. The SMILES string of the molecule is COc1ccc(CN(C(=O)c2ccc(Cl)c([N+](=O)[O-])c2)C2CC2)cc1. The first-order valence-corrected chi connectivity index (χ1v) is 8.25. The Kier molecular flexibility index (Phi) is 4.90. The smallest absolute Gasteiger partial charge is 0.288 e. The Labute approximate surface area is 150 Å². The zero-order valence-electron chi connectivity index (χ0n) is 13.6. The molecule has 0 atom stereocenters. The molecule has 0 bridgehead atoms. The van der Waals surface area contributed by atoms with E-state index in [2.05, 4.69) is 0 Å². The van der Waals surface area contributed by atoms with E-state index in [0.29, 0.717) is 6.54 Å². The van der Waals surface area contributed by atoms with E-state index in [9.17, 15) is 14.9 Å². The Balaban J connectivity index is 1.84. The number of methoxy groups -OCH3 is 1. The highest BCUT2D eigenvalue weighted by Gasteiger charge is 2.33. The van der Waals surface area contributed by atoms with Crippen molar-refractivity contribution in [2.45, 2.75) is 25.4 Å². The normalized spacial score (nSPS) is 13.4. The lowest BCUT2D eigenvalue weighted by molar-refractivity contribution is -0.384. The molecule has 1 fully saturated rings. The van der Waals surface area contributed by atoms with E-state index >= 15 is 0 Å². The molecule has 2 aromatic carbocycles. The quantitative estimate of drug-likeness (QED) is 0.575. The van der Waals surface area contributed by atoms with Crippen LogP contribution in [0.25, 0.3) is 0 Å². The minimum Gasteiger partial charge on any atom is -0.497 e. The topological polar surface area (TPSA) is 72.7 Å². The molecule has 1 aliphatic rings. The van der Waals surface area contributed by atoms with Crippen molar-refractivity contribution in [2.75, 3.05) is 7.11 Å². The van der Waals surface area contributed by atoms with Crippen molar-refractivity contribution in [2.24, 2.45) is 0 Å². The maximum Gasteiger partial charge on any atom is 0.288 e. The number of nitro groups is 1. The highest BCUT2D eigenvalue weighted by atomic mass is 35.5. The van der Waals surface area contributed by atoms with Gasteiger partial charge in [-0.3, -0.25) is 14.9 Å². The molecule has 6 nitrogen and oxygen atoms in total. The Morgan fingerprint density at radius 3 is 2.52 bits per heavy atom. The second kappa shape index (κ2) is 7.11. The summed E-state index contributed by atoms with van der Waals surface area (Å²) in [5.74, 6) is 0.527. The number of carbonyl (C=O) groups is 1. The third-order valence-electron chi connectivity index (χ3n) is 4.15. The summed E-state index contributed by atoms with van der Waals surface area (Å²) in [5, 5.41) is 11.1. The molecule has 0 heterocycles. The number of nitro benzene ring substituents is 1. The Bertz CT molecular complexity index is 803. The van der Waals surface area contributed by atoms with Crippen LogP contribution in [0.2, 0.25) is 5.02 Å². The van der Waals surface area contributed by atoms with Gasteiger partial charge in [0.2, 0.25) is 0 Å². The van der Waals surface area contributed by atoms with E-state index in [0.717, 1.165) is 24.2 Å². The molecule has 0 radical (unpaired) electrons. The maximum absolute atomic E-state index is 12.9. The van der Waals surface area contributed by atoms with Crippen molar-refractivity contribution in [1.82, 2.24) is 4.90 Å². The fraction of sp³-hybridized carbons (Fsp3) is 0.278. The van der Waals surface area contributed by atoms with Crippen molar-refractivity contribution in [3.05, 3.63) is 68.7 Å². The average molecular weight is 361 g/mol. The lowest BCUT2D eigenvalue weighted by atomic mass is 10.1. The van der Waals surface area contributed by atoms with Crippen LogP contribution in [-0.2, 0) is 6.54 Å². The second-order valence-electron chi connectivity index (χ2n) is 5.94. The van der Waals surface area contributed by atoms with E-state index < -0.39 is 4.92 Å². The van der Waals surface area contributed by atoms with Gasteiger partial charge in [-0.15, -0.1) is 0 Å². The second-order valence-corrected chi connectivity index (χ2v) is 6.34. The summed E-state index contributed by atoms with van der Waals surface area (Å²) < 4.78 is 5.14. The molecule has 7 heteroatoms. The van der Waals surface area contributed by atoms with Crippen LogP contribution in [0.4, 0.5) is 5.69 Å². The molecule has 1 aliphatic carbocycles. The van der Waals surface area contributed by atoms with Gasteiger partial charge in [-0.2, -0.15) is 0 Å². The number of benzene rings is 2. The van der Waals surface area contributed by atoms with Crippen molar-refractivity contribution in [3.63, 3.8) is 0 Å². The molecule has 0 saturated heterocycles. The van der Waals surface area contributed by atoms with Crippen LogP contribution in [0.5, 0.6) is 5.75 Å². The van der Waals surface area contributed by atoms with Crippen LogP contribution in [0, 0.1) is 10.1 Å². The van der Waals surface area contributed by atoms with Crippen molar-refractivity contribution in [1.29, 1.82) is 0 Å². The van der Waals surface area contributed by atoms with Crippen molar-refractivity contribution in [3.8, 4) is 5.75 Å². The molecule has 0 spiro atoms. The van der Waals surface area contributed by atoms with Gasteiger partial charge in [-0.05, 0) is 42.7 Å². The molecular weight excluding hydrogens is 344 g/mol. The van der Waals surface area contributed by atoms with Gasteiger partial charge in [0.25, 0.3) is 11.6 Å². The number of carbonyl (C=O) groups excluding carboxylic acids is 1. The highest BCUT2D eigenvalue weighted by Crippen LogP contribution is 2.32. The number of rotatable bonds is 6. The lowest BCUT2D eigenvalue weighted by Gasteiger charge is -2.23. The summed E-state index contributed by atoms with van der Waals surface area (Å²) in [4.78, 5) is 25.1. The predicted molar refractivity (Wildman–Crippen MR) is 94.0 cm³/mol. The van der Waals surface area contributed by atoms with Crippen LogP contribution >= 0.6 is 11.6 Å². The van der Waals surface area contributed by atoms with Gasteiger partial charge < -0.3 is 9.64 Å². The monoisotopic (exact) mass is 360 g/mol. The molecule has 0 aliphatic heterocycles. The Morgan fingerprint density at radius 1 is 1.28 bits per heavy atom. The molecule has 0 unspecified atom stereocenters. The standard InChI is InChI=1S/C18H17ClN2O4/c1-25-15-7-2-12(3-8-15)11-20(14-5-6-14)18(22)13-4-9-16(19)17(10-13)21(23)24/h2-4,7-10,14H,5-6,11H2,1H3. The number of amides is 1. The third-order valence-corrected chi connectivity index (χ3v) is 4.47. The molecule has 130 valence electrons. The van der Waals surface area contributed by atoms with Gasteiger partial charge in [0.1, 0.15) is 10.8 Å². The van der Waals surface area contributed by atoms with Gasteiger partial charge in [0.05, 0.1) is 12.0 Å². The molecule has 1 saturated carbocycles. The minimum absolute atomic E-state index is 0.0228. The molecule has 25 heavy (non-hydrogen) atoms. The Hall–Kier alpha value is -2.60. The van der Waals surface area contributed by atoms with Gasteiger partial charge >= 0.3 is 0 Å². The number of hydrogen-bond acceptors (Lipinski definition) is 4. The fourth-order valence-electron chi connectivity index (χ4n) is 2.63. The summed E-state index contributed by atoms with van der Waals surface area (Å²) in [7, 11) is 1.60. The number of halogens is 1. The first kappa shape index (κ1) is 17.2. The molecule has 3 rings (SSSR count). The third kappa shape index (κ3) is 3.91. The number of ether oxygens (including phenoxy) is 1. The van der Waals surface area contributed by atoms with Crippen molar-refractivity contribution < 1.29 is 14.5 Å². The molecule has 2 aromatic rings. The zero-order chi connectivity index (χ0) is 18.0. The first-order chi connectivity index (χ1) is 12.0. The Morgan fingerprint density at radius 2 is 1.96 bits per heavy atom. The van der Waals surface area contributed by atoms with E-state index in [4.69, 9.17) is 16.3 Å². The fourth-order valence-corrected chi connectivity index (χ4v) is 2.82. The van der Waals surface area contributed by atoms with E-state index in [1.54, 1.807) is 12.0 Å². The average Bonchev–Trinajstić information content (AvgIpc) is 3.44. The van der Waals surface area contributed by atoms with Crippen LogP contribution in [0.1, 0.15) is 28.8 Å². The number of nitrogens with zero attached hydrogens (tertiary/aromatic N) is 2.